The Morgan fingerprint density at radius 3 is 2.44 bits per heavy atom. The molecule has 0 aliphatic heterocycles. The van der Waals surface area contributed by atoms with E-state index >= 15 is 0 Å². The summed E-state index contributed by atoms with van der Waals surface area (Å²) in [4.78, 5) is 13.4. The monoisotopic (exact) mass is 396 g/mol. The van der Waals surface area contributed by atoms with Crippen molar-refractivity contribution in [3.05, 3.63) is 34.9 Å². The van der Waals surface area contributed by atoms with Crippen molar-refractivity contribution in [2.75, 3.05) is 6.54 Å². The SMILES string of the molecule is CC(C)(C)N(C(=O)O)[C@@H](Cc1ccccc1Cl)[C@H](O)CNC1CCCCC1. The van der Waals surface area contributed by atoms with Gasteiger partial charge in [0.15, 0.2) is 0 Å². The highest BCUT2D eigenvalue weighted by atomic mass is 35.5. The van der Waals surface area contributed by atoms with Crippen LogP contribution in [0.4, 0.5) is 4.79 Å². The number of carboxylic acid groups (broad SMARTS) is 1. The Kier molecular flexibility index (Phi) is 7.95. The van der Waals surface area contributed by atoms with Crippen molar-refractivity contribution in [2.45, 2.75) is 83.0 Å². The number of benzene rings is 1. The molecule has 1 aliphatic rings. The largest absolute Gasteiger partial charge is 0.465 e. The Bertz CT molecular complexity index is 612. The van der Waals surface area contributed by atoms with Crippen molar-refractivity contribution < 1.29 is 15.0 Å². The first-order valence-electron chi connectivity index (χ1n) is 9.87. The summed E-state index contributed by atoms with van der Waals surface area (Å²) in [5.41, 5.74) is 0.209. The first-order chi connectivity index (χ1) is 12.7. The Morgan fingerprint density at radius 1 is 1.26 bits per heavy atom. The van der Waals surface area contributed by atoms with Crippen molar-refractivity contribution in [3.8, 4) is 0 Å². The number of hydrogen-bond donors (Lipinski definition) is 3. The van der Waals surface area contributed by atoms with E-state index in [2.05, 4.69) is 5.32 Å². The minimum Gasteiger partial charge on any atom is -0.465 e. The van der Waals surface area contributed by atoms with Crippen LogP contribution in [0.25, 0.3) is 0 Å². The third-order valence-corrected chi connectivity index (χ3v) is 5.68. The molecule has 1 amide bonds. The van der Waals surface area contributed by atoms with Gasteiger partial charge < -0.3 is 15.5 Å². The summed E-state index contributed by atoms with van der Waals surface area (Å²) < 4.78 is 0. The van der Waals surface area contributed by atoms with Gasteiger partial charge in [0.05, 0.1) is 12.1 Å². The van der Waals surface area contributed by atoms with Crippen molar-refractivity contribution in [3.63, 3.8) is 0 Å². The second-order valence-electron chi connectivity index (χ2n) is 8.50. The second-order valence-corrected chi connectivity index (χ2v) is 8.90. The van der Waals surface area contributed by atoms with E-state index in [1.807, 2.05) is 39.0 Å². The molecule has 0 radical (unpaired) electrons. The first-order valence-corrected chi connectivity index (χ1v) is 10.2. The molecule has 152 valence electrons. The van der Waals surface area contributed by atoms with Crippen molar-refractivity contribution >= 4 is 17.7 Å². The molecule has 5 nitrogen and oxygen atoms in total. The summed E-state index contributed by atoms with van der Waals surface area (Å²) in [5, 5.41) is 24.9. The van der Waals surface area contributed by atoms with E-state index in [4.69, 9.17) is 11.6 Å². The van der Waals surface area contributed by atoms with Crippen LogP contribution in [0.15, 0.2) is 24.3 Å². The van der Waals surface area contributed by atoms with E-state index in [0.29, 0.717) is 24.0 Å². The minimum atomic E-state index is -1.03. The maximum absolute atomic E-state index is 12.0. The number of halogens is 1. The third kappa shape index (κ3) is 6.37. The second kappa shape index (κ2) is 9.76. The highest BCUT2D eigenvalue weighted by Crippen LogP contribution is 2.26. The zero-order chi connectivity index (χ0) is 20.0. The van der Waals surface area contributed by atoms with Crippen LogP contribution in [-0.2, 0) is 6.42 Å². The molecule has 0 heterocycles. The topological polar surface area (TPSA) is 72.8 Å². The van der Waals surface area contributed by atoms with E-state index < -0.39 is 23.8 Å². The summed E-state index contributed by atoms with van der Waals surface area (Å²) in [6.45, 7) is 5.92. The quantitative estimate of drug-likeness (QED) is 0.642. The highest BCUT2D eigenvalue weighted by molar-refractivity contribution is 6.31. The fourth-order valence-corrected chi connectivity index (χ4v) is 4.16. The van der Waals surface area contributed by atoms with Gasteiger partial charge in [0.1, 0.15) is 0 Å². The van der Waals surface area contributed by atoms with Crippen molar-refractivity contribution in [1.29, 1.82) is 0 Å². The fraction of sp³-hybridized carbons (Fsp3) is 0.667. The number of rotatable bonds is 7. The normalized spacial score (nSPS) is 18.1. The molecular formula is C21H33ClN2O3. The maximum Gasteiger partial charge on any atom is 0.408 e. The van der Waals surface area contributed by atoms with Crippen LogP contribution in [0.5, 0.6) is 0 Å². The number of aliphatic hydroxyl groups is 1. The van der Waals surface area contributed by atoms with Crippen molar-refractivity contribution in [2.24, 2.45) is 0 Å². The number of nitrogens with one attached hydrogen (secondary N) is 1. The van der Waals surface area contributed by atoms with Gasteiger partial charge in [-0.05, 0) is 51.7 Å². The molecule has 2 atom stereocenters. The van der Waals surface area contributed by atoms with Crippen LogP contribution in [0.2, 0.25) is 5.02 Å². The smallest absolute Gasteiger partial charge is 0.408 e. The third-order valence-electron chi connectivity index (χ3n) is 5.31. The van der Waals surface area contributed by atoms with E-state index in [0.717, 1.165) is 18.4 Å². The molecule has 6 heteroatoms. The number of hydrogen-bond acceptors (Lipinski definition) is 3. The minimum absolute atomic E-state index is 0.372. The highest BCUT2D eigenvalue weighted by Gasteiger charge is 2.37. The lowest BCUT2D eigenvalue weighted by atomic mass is 9.93. The van der Waals surface area contributed by atoms with Gasteiger partial charge in [-0.25, -0.2) is 4.79 Å². The molecule has 1 aromatic carbocycles. The summed E-state index contributed by atoms with van der Waals surface area (Å²) in [6, 6.07) is 7.23. The molecule has 0 unspecified atom stereocenters. The van der Waals surface area contributed by atoms with Crippen LogP contribution in [-0.4, -0.2) is 51.5 Å². The summed E-state index contributed by atoms with van der Waals surface area (Å²) in [7, 11) is 0. The molecule has 0 aromatic heterocycles. The lowest BCUT2D eigenvalue weighted by Gasteiger charge is -2.42. The number of amides is 1. The fourth-order valence-electron chi connectivity index (χ4n) is 3.95. The van der Waals surface area contributed by atoms with E-state index in [9.17, 15) is 15.0 Å². The van der Waals surface area contributed by atoms with Gasteiger partial charge in [-0.1, -0.05) is 49.1 Å². The number of carbonyl (C=O) groups is 1. The molecule has 27 heavy (non-hydrogen) atoms. The van der Waals surface area contributed by atoms with Crippen LogP contribution in [0.1, 0.15) is 58.4 Å². The molecule has 0 saturated heterocycles. The summed E-state index contributed by atoms with van der Waals surface area (Å²) in [6.07, 6.45) is 4.44. The number of aliphatic hydroxyl groups excluding tert-OH is 1. The molecule has 1 aromatic rings. The average molecular weight is 397 g/mol. The van der Waals surface area contributed by atoms with E-state index in [-0.39, 0.29) is 0 Å². The average Bonchev–Trinajstić information content (AvgIpc) is 2.60. The van der Waals surface area contributed by atoms with Gasteiger partial charge in [0, 0.05) is 23.1 Å². The van der Waals surface area contributed by atoms with Crippen LogP contribution < -0.4 is 5.32 Å². The predicted octanol–water partition coefficient (Wildman–Crippen LogP) is 4.31. The van der Waals surface area contributed by atoms with Crippen molar-refractivity contribution in [1.82, 2.24) is 10.2 Å². The molecule has 1 saturated carbocycles. The van der Waals surface area contributed by atoms with Crippen LogP contribution in [0.3, 0.4) is 0 Å². The van der Waals surface area contributed by atoms with Gasteiger partial charge in [-0.2, -0.15) is 0 Å². The number of nitrogens with zero attached hydrogens (tertiary/aromatic N) is 1. The zero-order valence-electron chi connectivity index (χ0n) is 16.6. The van der Waals surface area contributed by atoms with Gasteiger partial charge in [-0.15, -0.1) is 0 Å². The molecule has 1 fully saturated rings. The van der Waals surface area contributed by atoms with E-state index in [1.54, 1.807) is 6.07 Å². The predicted molar refractivity (Wildman–Crippen MR) is 109 cm³/mol. The maximum atomic E-state index is 12.0. The van der Waals surface area contributed by atoms with Gasteiger partial charge >= 0.3 is 6.09 Å². The van der Waals surface area contributed by atoms with Crippen LogP contribution >= 0.6 is 11.6 Å². The first kappa shape index (κ1) is 22.0. The molecule has 2 rings (SSSR count). The zero-order valence-corrected chi connectivity index (χ0v) is 17.4. The lowest BCUT2D eigenvalue weighted by molar-refractivity contribution is 0.00649. The van der Waals surface area contributed by atoms with E-state index in [1.165, 1.54) is 24.2 Å². The standard InChI is InChI=1S/C21H33ClN2O3/c1-21(2,3)24(20(26)27)18(13-15-9-7-8-12-17(15)22)19(25)14-23-16-10-5-4-6-11-16/h7-9,12,16,18-19,23,25H,4-6,10-11,13-14H2,1-3H3,(H,26,27)/t18-,19+/m0/s1. The van der Waals surface area contributed by atoms with Crippen LogP contribution in [0, 0.1) is 0 Å². The van der Waals surface area contributed by atoms with Gasteiger partial charge in [0.25, 0.3) is 0 Å². The molecular weight excluding hydrogens is 364 g/mol. The van der Waals surface area contributed by atoms with Gasteiger partial charge in [-0.3, -0.25) is 4.90 Å². The summed E-state index contributed by atoms with van der Waals surface area (Å²) >= 11 is 6.31. The van der Waals surface area contributed by atoms with Gasteiger partial charge in [0.2, 0.25) is 0 Å². The Morgan fingerprint density at radius 2 is 1.89 bits per heavy atom. The summed E-state index contributed by atoms with van der Waals surface area (Å²) in [5.74, 6) is 0. The molecule has 0 spiro atoms. The Balaban J connectivity index is 2.19. The lowest BCUT2D eigenvalue weighted by Crippen LogP contribution is -2.58. The Labute approximate surface area is 167 Å². The Hall–Kier alpha value is -1.30. The molecule has 0 bridgehead atoms. The molecule has 3 N–H and O–H groups in total. The molecule has 1 aliphatic carbocycles.